The summed E-state index contributed by atoms with van der Waals surface area (Å²) in [7, 11) is 0. The van der Waals surface area contributed by atoms with Crippen LogP contribution in [-0.2, 0) is 11.1 Å². The van der Waals surface area contributed by atoms with E-state index < -0.39 is 0 Å². The van der Waals surface area contributed by atoms with Crippen molar-refractivity contribution in [2.75, 3.05) is 0 Å². The zero-order valence-electron chi connectivity index (χ0n) is 26.8. The Morgan fingerprint density at radius 3 is 1.96 bits per heavy atom. The van der Waals surface area contributed by atoms with Crippen LogP contribution in [0.3, 0.4) is 0 Å². The van der Waals surface area contributed by atoms with E-state index in [2.05, 4.69) is 150 Å². The van der Waals surface area contributed by atoms with Crippen LogP contribution in [0.1, 0.15) is 41.5 Å². The topological polar surface area (TPSA) is 53.5 Å². The first kappa shape index (κ1) is 27.3. The van der Waals surface area contributed by atoms with E-state index in [1.165, 1.54) is 32.0 Å². The Kier molecular flexibility index (Phi) is 5.50. The standard InChI is InChI=1S/C39H34N6S/c1-38(2,3)43-21-40-30-14-11-24(18-33(30)43)23-12-16-35-27(17-23)29-20-28-26-9-7-8-10-32(26)45(36(28)42-37(29)46-35)25-13-15-31-34(19-25)44(22-41-31)39(4,5)6/h7-22H,1-6H3. The van der Waals surface area contributed by atoms with E-state index in [1.54, 1.807) is 11.3 Å². The predicted molar refractivity (Wildman–Crippen MR) is 193 cm³/mol. The lowest BCUT2D eigenvalue weighted by atomic mass is 10.0. The normalized spacial score (nSPS) is 13.0. The highest BCUT2D eigenvalue weighted by atomic mass is 32.1. The van der Waals surface area contributed by atoms with Gasteiger partial charge >= 0.3 is 0 Å². The highest BCUT2D eigenvalue weighted by molar-refractivity contribution is 7.25. The van der Waals surface area contributed by atoms with Crippen LogP contribution >= 0.6 is 11.3 Å². The quantitative estimate of drug-likeness (QED) is 0.194. The molecule has 0 radical (unpaired) electrons. The third kappa shape index (κ3) is 3.97. The lowest BCUT2D eigenvalue weighted by Crippen LogP contribution is -2.20. The van der Waals surface area contributed by atoms with E-state index in [4.69, 9.17) is 4.98 Å². The van der Waals surface area contributed by atoms with Crippen LogP contribution in [0.25, 0.3) is 81.1 Å². The number of nitrogens with zero attached hydrogens (tertiary/aromatic N) is 6. The number of fused-ring (bicyclic) bond motifs is 8. The van der Waals surface area contributed by atoms with Crippen LogP contribution in [-0.4, -0.2) is 28.7 Å². The second kappa shape index (κ2) is 9.27. The number of thiophene rings is 1. The fraction of sp³-hybridized carbons (Fsp3) is 0.205. The number of hydrogen-bond acceptors (Lipinski definition) is 4. The SMILES string of the molecule is CC(C)(C)n1cnc2ccc(-c3ccc4sc5nc6c(cc5c4c3)c3ccccc3n6-c3ccc4ncn(C(C)(C)C)c4c3)cc21. The first-order valence-corrected chi connectivity index (χ1v) is 16.6. The van der Waals surface area contributed by atoms with Crippen molar-refractivity contribution in [2.45, 2.75) is 52.6 Å². The molecule has 9 aromatic rings. The second-order valence-corrected chi connectivity index (χ2v) is 15.4. The molecule has 5 heterocycles. The summed E-state index contributed by atoms with van der Waals surface area (Å²) in [6.07, 6.45) is 3.90. The summed E-state index contributed by atoms with van der Waals surface area (Å²) in [5, 5.41) is 4.80. The maximum Gasteiger partial charge on any atom is 0.147 e. The molecule has 0 aliphatic carbocycles. The number of imidazole rings is 2. The maximum atomic E-state index is 5.39. The van der Waals surface area contributed by atoms with Gasteiger partial charge in [0.05, 0.1) is 40.2 Å². The Labute approximate surface area is 270 Å². The van der Waals surface area contributed by atoms with Crippen molar-refractivity contribution in [1.82, 2.24) is 28.7 Å². The molecule has 0 N–H and O–H groups in total. The Bertz CT molecular complexity index is 2670. The van der Waals surface area contributed by atoms with Crippen LogP contribution in [0.15, 0.2) is 97.6 Å². The average Bonchev–Trinajstić information content (AvgIpc) is 3.79. The van der Waals surface area contributed by atoms with Crippen LogP contribution in [0.2, 0.25) is 0 Å². The summed E-state index contributed by atoms with van der Waals surface area (Å²) < 4.78 is 8.07. The molecule has 226 valence electrons. The number of pyridine rings is 1. The highest BCUT2D eigenvalue weighted by Gasteiger charge is 2.21. The van der Waals surface area contributed by atoms with Gasteiger partial charge < -0.3 is 9.13 Å². The summed E-state index contributed by atoms with van der Waals surface area (Å²) in [4.78, 5) is 15.8. The van der Waals surface area contributed by atoms with Gasteiger partial charge in [-0.3, -0.25) is 4.57 Å². The third-order valence-electron chi connectivity index (χ3n) is 9.21. The molecule has 0 fully saturated rings. The van der Waals surface area contributed by atoms with Crippen LogP contribution in [0, 0.1) is 0 Å². The van der Waals surface area contributed by atoms with Gasteiger partial charge in [0, 0.05) is 43.0 Å². The molecule has 0 unspecified atom stereocenters. The number of hydrogen-bond donors (Lipinski definition) is 0. The third-order valence-corrected chi connectivity index (χ3v) is 10.3. The summed E-state index contributed by atoms with van der Waals surface area (Å²) >= 11 is 1.76. The van der Waals surface area contributed by atoms with Crippen molar-refractivity contribution in [3.63, 3.8) is 0 Å². The first-order chi connectivity index (χ1) is 22.0. The monoisotopic (exact) mass is 618 g/mol. The Balaban J connectivity index is 1.26. The first-order valence-electron chi connectivity index (χ1n) is 15.8. The van der Waals surface area contributed by atoms with Crippen molar-refractivity contribution in [3.05, 3.63) is 97.6 Å². The predicted octanol–water partition coefficient (Wildman–Crippen LogP) is 10.4. The minimum atomic E-state index is -0.0753. The van der Waals surface area contributed by atoms with E-state index in [-0.39, 0.29) is 11.1 Å². The second-order valence-electron chi connectivity index (χ2n) is 14.3. The highest BCUT2D eigenvalue weighted by Crippen LogP contribution is 2.41. The average molecular weight is 619 g/mol. The lowest BCUT2D eigenvalue weighted by Gasteiger charge is -2.22. The molecule has 0 saturated carbocycles. The number of aromatic nitrogens is 6. The van der Waals surface area contributed by atoms with Crippen molar-refractivity contribution < 1.29 is 0 Å². The molecule has 9 rings (SSSR count). The molecule has 46 heavy (non-hydrogen) atoms. The smallest absolute Gasteiger partial charge is 0.147 e. The molecule has 6 nitrogen and oxygen atoms in total. The molecular formula is C39H34N6S. The molecule has 4 aromatic carbocycles. The van der Waals surface area contributed by atoms with Crippen molar-refractivity contribution in [3.8, 4) is 16.8 Å². The molecule has 0 amide bonds. The molecule has 7 heteroatoms. The molecule has 0 atom stereocenters. The fourth-order valence-corrected chi connectivity index (χ4v) is 7.94. The molecule has 0 aliphatic rings. The van der Waals surface area contributed by atoms with E-state index in [0.717, 1.165) is 49.1 Å². The van der Waals surface area contributed by atoms with Crippen LogP contribution in [0.5, 0.6) is 0 Å². The van der Waals surface area contributed by atoms with Gasteiger partial charge in [0.15, 0.2) is 0 Å². The Morgan fingerprint density at radius 1 is 0.565 bits per heavy atom. The van der Waals surface area contributed by atoms with Gasteiger partial charge in [0.1, 0.15) is 10.5 Å². The van der Waals surface area contributed by atoms with Gasteiger partial charge in [0.2, 0.25) is 0 Å². The van der Waals surface area contributed by atoms with Gasteiger partial charge in [-0.05, 0) is 107 Å². The number of benzene rings is 4. The fourth-order valence-electron chi connectivity index (χ4n) is 6.90. The molecule has 0 spiro atoms. The molecule has 0 aliphatic heterocycles. The minimum absolute atomic E-state index is 0.0450. The van der Waals surface area contributed by atoms with Crippen molar-refractivity contribution >= 4 is 75.6 Å². The maximum absolute atomic E-state index is 5.39. The zero-order valence-corrected chi connectivity index (χ0v) is 27.6. The largest absolute Gasteiger partial charge is 0.325 e. The van der Waals surface area contributed by atoms with E-state index in [1.807, 2.05) is 12.7 Å². The zero-order chi connectivity index (χ0) is 31.5. The summed E-state index contributed by atoms with van der Waals surface area (Å²) in [6.45, 7) is 13.3. The van der Waals surface area contributed by atoms with Gasteiger partial charge in [-0.2, -0.15) is 0 Å². The van der Waals surface area contributed by atoms with Crippen LogP contribution < -0.4 is 0 Å². The molecule has 5 aromatic heterocycles. The van der Waals surface area contributed by atoms with Gasteiger partial charge in [-0.15, -0.1) is 11.3 Å². The molecular weight excluding hydrogens is 585 g/mol. The van der Waals surface area contributed by atoms with Gasteiger partial charge in [0.25, 0.3) is 0 Å². The Morgan fingerprint density at radius 2 is 1.22 bits per heavy atom. The molecule has 0 saturated heterocycles. The van der Waals surface area contributed by atoms with E-state index in [9.17, 15) is 0 Å². The van der Waals surface area contributed by atoms with Gasteiger partial charge in [-0.1, -0.05) is 30.3 Å². The van der Waals surface area contributed by atoms with Gasteiger partial charge in [-0.25, -0.2) is 15.0 Å². The Hall–Kier alpha value is -5.01. The number of rotatable bonds is 2. The number of para-hydroxylation sites is 1. The van der Waals surface area contributed by atoms with E-state index in [0.29, 0.717) is 0 Å². The summed E-state index contributed by atoms with van der Waals surface area (Å²) in [6, 6.07) is 31.0. The van der Waals surface area contributed by atoms with Crippen molar-refractivity contribution in [2.24, 2.45) is 0 Å². The lowest BCUT2D eigenvalue weighted by molar-refractivity contribution is 0.408. The van der Waals surface area contributed by atoms with Crippen LogP contribution in [0.4, 0.5) is 0 Å². The minimum Gasteiger partial charge on any atom is -0.325 e. The van der Waals surface area contributed by atoms with Crippen molar-refractivity contribution in [1.29, 1.82) is 0 Å². The molecule has 0 bridgehead atoms. The summed E-state index contributed by atoms with van der Waals surface area (Å²) in [5.74, 6) is 0. The summed E-state index contributed by atoms with van der Waals surface area (Å²) in [5.41, 5.74) is 9.77. The van der Waals surface area contributed by atoms with E-state index >= 15 is 0 Å².